The second-order valence-electron chi connectivity index (χ2n) is 5.86. The highest BCUT2D eigenvalue weighted by Crippen LogP contribution is 2.20. The van der Waals surface area contributed by atoms with Crippen molar-refractivity contribution in [2.45, 2.75) is 45.7 Å². The average molecular weight is 276 g/mol. The third-order valence-corrected chi connectivity index (χ3v) is 4.00. The normalized spacial score (nSPS) is 23.2. The Kier molecular flexibility index (Phi) is 4.88. The van der Waals surface area contributed by atoms with Crippen molar-refractivity contribution < 1.29 is 9.90 Å². The second-order valence-corrected chi connectivity index (χ2v) is 5.86. The predicted octanol–water partition coefficient (Wildman–Crippen LogP) is 3.11. The maximum absolute atomic E-state index is 12.3. The fourth-order valence-corrected chi connectivity index (χ4v) is 2.70. The van der Waals surface area contributed by atoms with Gasteiger partial charge < -0.3 is 15.3 Å². The molecule has 0 bridgehead atoms. The maximum atomic E-state index is 12.3. The molecule has 4 nitrogen and oxygen atoms in total. The molecule has 110 valence electrons. The first-order chi connectivity index (χ1) is 9.56. The molecule has 1 aromatic carbocycles. The Bertz CT molecular complexity index is 444. The Hall–Kier alpha value is -1.71. The van der Waals surface area contributed by atoms with Crippen LogP contribution in [0.2, 0.25) is 0 Å². The van der Waals surface area contributed by atoms with Gasteiger partial charge in [0.15, 0.2) is 0 Å². The second kappa shape index (κ2) is 6.64. The summed E-state index contributed by atoms with van der Waals surface area (Å²) in [6, 6.07) is 7.24. The number of hydrogen-bond acceptors (Lipinski definition) is 2. The summed E-state index contributed by atoms with van der Waals surface area (Å²) in [6.45, 7) is 5.66. The van der Waals surface area contributed by atoms with Crippen LogP contribution in [0.1, 0.15) is 38.7 Å². The van der Waals surface area contributed by atoms with Gasteiger partial charge in [0, 0.05) is 19.1 Å². The van der Waals surface area contributed by atoms with Crippen molar-refractivity contribution in [1.29, 1.82) is 0 Å². The summed E-state index contributed by atoms with van der Waals surface area (Å²) in [5.74, 6) is 0.814. The van der Waals surface area contributed by atoms with Gasteiger partial charge in [-0.3, -0.25) is 0 Å². The monoisotopic (exact) mass is 276 g/mol. The van der Waals surface area contributed by atoms with Crippen molar-refractivity contribution in [3.8, 4) is 5.75 Å². The zero-order valence-electron chi connectivity index (χ0n) is 12.3. The summed E-state index contributed by atoms with van der Waals surface area (Å²) in [6.07, 6.45) is 3.48. The number of urea groups is 1. The molecule has 1 saturated heterocycles. The highest BCUT2D eigenvalue weighted by molar-refractivity contribution is 5.74. The number of nitrogens with zero attached hydrogens (tertiary/aromatic N) is 1. The van der Waals surface area contributed by atoms with Crippen LogP contribution in [0.25, 0.3) is 0 Å². The molecule has 0 radical (unpaired) electrons. The molecule has 0 aromatic heterocycles. The van der Waals surface area contributed by atoms with Crippen molar-refractivity contribution in [2.75, 3.05) is 6.54 Å². The van der Waals surface area contributed by atoms with Crippen LogP contribution in [0.5, 0.6) is 5.75 Å². The van der Waals surface area contributed by atoms with Gasteiger partial charge >= 0.3 is 6.03 Å². The highest BCUT2D eigenvalue weighted by Gasteiger charge is 2.24. The number of rotatable bonds is 2. The Balaban J connectivity index is 1.91. The Morgan fingerprint density at radius 1 is 1.30 bits per heavy atom. The standard InChI is InChI=1S/C16H24N2O2/c1-12-4-3-5-13(2)18(11-12)16(20)17-10-14-6-8-15(19)9-7-14/h6-9,12-13,19H,3-5,10-11H2,1-2H3,(H,17,20). The third kappa shape index (κ3) is 3.89. The molecule has 20 heavy (non-hydrogen) atoms. The van der Waals surface area contributed by atoms with Crippen LogP contribution in [-0.4, -0.2) is 28.6 Å². The molecule has 2 amide bonds. The van der Waals surface area contributed by atoms with Gasteiger partial charge in [-0.1, -0.05) is 25.5 Å². The van der Waals surface area contributed by atoms with Crippen LogP contribution in [0.3, 0.4) is 0 Å². The summed E-state index contributed by atoms with van der Waals surface area (Å²) >= 11 is 0. The number of amides is 2. The van der Waals surface area contributed by atoms with Crippen LogP contribution in [0.15, 0.2) is 24.3 Å². The molecule has 1 fully saturated rings. The van der Waals surface area contributed by atoms with Crippen LogP contribution >= 0.6 is 0 Å². The molecule has 0 saturated carbocycles. The minimum Gasteiger partial charge on any atom is -0.508 e. The minimum atomic E-state index is 0.0133. The summed E-state index contributed by atoms with van der Waals surface area (Å²) in [4.78, 5) is 14.3. The fourth-order valence-electron chi connectivity index (χ4n) is 2.70. The molecular formula is C16H24N2O2. The van der Waals surface area contributed by atoms with Gasteiger partial charge in [0.25, 0.3) is 0 Å². The lowest BCUT2D eigenvalue weighted by Gasteiger charge is -2.28. The number of hydrogen-bond donors (Lipinski definition) is 2. The van der Waals surface area contributed by atoms with Gasteiger partial charge in [-0.05, 0) is 43.4 Å². The first kappa shape index (κ1) is 14.7. The number of aromatic hydroxyl groups is 1. The van der Waals surface area contributed by atoms with Crippen molar-refractivity contribution in [1.82, 2.24) is 10.2 Å². The molecule has 4 heteroatoms. The van der Waals surface area contributed by atoms with Gasteiger partial charge in [0.2, 0.25) is 0 Å². The summed E-state index contributed by atoms with van der Waals surface area (Å²) in [5.41, 5.74) is 0.992. The van der Waals surface area contributed by atoms with E-state index in [1.165, 1.54) is 12.8 Å². The smallest absolute Gasteiger partial charge is 0.317 e. The quantitative estimate of drug-likeness (QED) is 0.872. The molecule has 0 aliphatic carbocycles. The molecule has 2 rings (SSSR count). The van der Waals surface area contributed by atoms with E-state index in [2.05, 4.69) is 19.2 Å². The van der Waals surface area contributed by atoms with E-state index < -0.39 is 0 Å². The van der Waals surface area contributed by atoms with Crippen molar-refractivity contribution in [2.24, 2.45) is 5.92 Å². The number of carbonyl (C=O) groups is 1. The number of carbonyl (C=O) groups excluding carboxylic acids is 1. The van der Waals surface area contributed by atoms with Gasteiger partial charge in [0.05, 0.1) is 0 Å². The molecule has 2 unspecified atom stereocenters. The van der Waals surface area contributed by atoms with Crippen LogP contribution < -0.4 is 5.32 Å². The minimum absolute atomic E-state index is 0.0133. The number of likely N-dealkylation sites (tertiary alicyclic amines) is 1. The number of phenolic OH excluding ortho intramolecular Hbond substituents is 1. The molecule has 2 N–H and O–H groups in total. The van der Waals surface area contributed by atoms with Crippen molar-refractivity contribution in [3.05, 3.63) is 29.8 Å². The Morgan fingerprint density at radius 2 is 2.00 bits per heavy atom. The van der Waals surface area contributed by atoms with E-state index in [0.29, 0.717) is 18.5 Å². The molecule has 1 heterocycles. The molecule has 1 aromatic rings. The van der Waals surface area contributed by atoms with Gasteiger partial charge in [-0.25, -0.2) is 4.79 Å². The van der Waals surface area contributed by atoms with Crippen LogP contribution in [0, 0.1) is 5.92 Å². The lowest BCUT2D eigenvalue weighted by atomic mass is 10.1. The van der Waals surface area contributed by atoms with Crippen LogP contribution in [0.4, 0.5) is 4.79 Å². The molecule has 1 aliphatic rings. The fraction of sp³-hybridized carbons (Fsp3) is 0.562. The van der Waals surface area contributed by atoms with E-state index in [-0.39, 0.29) is 11.8 Å². The topological polar surface area (TPSA) is 52.6 Å². The van der Waals surface area contributed by atoms with Crippen molar-refractivity contribution >= 4 is 6.03 Å². The van der Waals surface area contributed by atoms with Gasteiger partial charge in [-0.2, -0.15) is 0 Å². The first-order valence-electron chi connectivity index (χ1n) is 7.38. The third-order valence-electron chi connectivity index (χ3n) is 4.00. The zero-order chi connectivity index (χ0) is 14.5. The van der Waals surface area contributed by atoms with E-state index in [4.69, 9.17) is 0 Å². The Labute approximate surface area is 120 Å². The summed E-state index contributed by atoms with van der Waals surface area (Å²) in [7, 11) is 0. The van der Waals surface area contributed by atoms with E-state index in [9.17, 15) is 9.90 Å². The largest absolute Gasteiger partial charge is 0.508 e. The van der Waals surface area contributed by atoms with E-state index in [1.807, 2.05) is 17.0 Å². The van der Waals surface area contributed by atoms with E-state index >= 15 is 0 Å². The SMILES string of the molecule is CC1CCCC(C)N(C(=O)NCc2ccc(O)cc2)C1. The number of benzene rings is 1. The average Bonchev–Trinajstić information content (AvgIpc) is 2.59. The molecular weight excluding hydrogens is 252 g/mol. The lowest BCUT2D eigenvalue weighted by molar-refractivity contribution is 0.173. The predicted molar refractivity (Wildman–Crippen MR) is 79.5 cm³/mol. The lowest BCUT2D eigenvalue weighted by Crippen LogP contribution is -2.45. The van der Waals surface area contributed by atoms with Crippen LogP contribution in [-0.2, 0) is 6.54 Å². The number of nitrogens with one attached hydrogen (secondary N) is 1. The zero-order valence-corrected chi connectivity index (χ0v) is 12.3. The maximum Gasteiger partial charge on any atom is 0.317 e. The highest BCUT2D eigenvalue weighted by atomic mass is 16.3. The van der Waals surface area contributed by atoms with E-state index in [1.54, 1.807) is 12.1 Å². The van der Waals surface area contributed by atoms with E-state index in [0.717, 1.165) is 18.5 Å². The summed E-state index contributed by atoms with van der Waals surface area (Å²) in [5, 5.41) is 12.2. The molecule has 1 aliphatic heterocycles. The van der Waals surface area contributed by atoms with Gasteiger partial charge in [-0.15, -0.1) is 0 Å². The number of phenols is 1. The molecule has 2 atom stereocenters. The first-order valence-corrected chi connectivity index (χ1v) is 7.38. The van der Waals surface area contributed by atoms with Crippen molar-refractivity contribution in [3.63, 3.8) is 0 Å². The van der Waals surface area contributed by atoms with Gasteiger partial charge in [0.1, 0.15) is 5.75 Å². The summed E-state index contributed by atoms with van der Waals surface area (Å²) < 4.78 is 0. The Morgan fingerprint density at radius 3 is 2.70 bits per heavy atom. The molecule has 0 spiro atoms.